The van der Waals surface area contributed by atoms with Crippen LogP contribution in [0.15, 0.2) is 18.2 Å². The number of halogens is 1. The monoisotopic (exact) mass is 304 g/mol. The van der Waals surface area contributed by atoms with Crippen LogP contribution in [0.5, 0.6) is 0 Å². The molecule has 1 rings (SSSR count). The van der Waals surface area contributed by atoms with Crippen LogP contribution in [0.1, 0.15) is 27.6 Å². The maximum absolute atomic E-state index is 11.2. The van der Waals surface area contributed by atoms with Crippen molar-refractivity contribution in [2.45, 2.75) is 6.92 Å². The first kappa shape index (κ1) is 11.2. The smallest absolute Gasteiger partial charge is 0.338 e. The molecule has 1 aromatic rings. The Morgan fingerprint density at radius 3 is 2.43 bits per heavy atom. The van der Waals surface area contributed by atoms with E-state index in [2.05, 4.69) is 4.74 Å². The zero-order chi connectivity index (χ0) is 10.7. The summed E-state index contributed by atoms with van der Waals surface area (Å²) in [6.07, 6.45) is 0. The summed E-state index contributed by atoms with van der Waals surface area (Å²) < 4.78 is 5.31. The summed E-state index contributed by atoms with van der Waals surface area (Å²) in [5.41, 5.74) is 1.08. The number of Topliss-reactive ketones (excluding diaryl/α,β-unsaturated/α-hetero) is 1. The molecule has 0 radical (unpaired) electrons. The number of hydrogen-bond acceptors (Lipinski definition) is 3. The lowest BCUT2D eigenvalue weighted by molar-refractivity contribution is 0.0599. The minimum Gasteiger partial charge on any atom is -0.465 e. The van der Waals surface area contributed by atoms with Crippen LogP contribution < -0.4 is 0 Å². The molecule has 4 heteroatoms. The third kappa shape index (κ3) is 2.31. The zero-order valence-electron chi connectivity index (χ0n) is 7.83. The maximum atomic E-state index is 11.2. The van der Waals surface area contributed by atoms with Gasteiger partial charge < -0.3 is 4.74 Å². The summed E-state index contributed by atoms with van der Waals surface area (Å²) in [6.45, 7) is 1.49. The molecule has 0 saturated heterocycles. The lowest BCUT2D eigenvalue weighted by atomic mass is 10.1. The Labute approximate surface area is 95.6 Å². The quantitative estimate of drug-likeness (QED) is 0.478. The van der Waals surface area contributed by atoms with Crippen molar-refractivity contribution < 1.29 is 14.3 Å². The van der Waals surface area contributed by atoms with Gasteiger partial charge in [-0.25, -0.2) is 4.79 Å². The molecule has 0 unspecified atom stereocenters. The third-order valence-corrected chi connectivity index (χ3v) is 2.67. The fraction of sp³-hybridized carbons (Fsp3) is 0.200. The van der Waals surface area contributed by atoms with Crippen molar-refractivity contribution in [2.24, 2.45) is 0 Å². The van der Waals surface area contributed by atoms with Gasteiger partial charge >= 0.3 is 5.97 Å². The standard InChI is InChI=1S/C10H9IO3/c1-6(12)7-3-4-8(9(11)5-7)10(13)14-2/h3-5H,1-2H3. The van der Waals surface area contributed by atoms with Crippen molar-refractivity contribution >= 4 is 34.3 Å². The van der Waals surface area contributed by atoms with Gasteiger partial charge in [0.2, 0.25) is 0 Å². The van der Waals surface area contributed by atoms with Gasteiger partial charge in [0.05, 0.1) is 12.7 Å². The Morgan fingerprint density at radius 1 is 1.36 bits per heavy atom. The van der Waals surface area contributed by atoms with Gasteiger partial charge in [-0.2, -0.15) is 0 Å². The second-order valence-corrected chi connectivity index (χ2v) is 3.90. The van der Waals surface area contributed by atoms with Crippen molar-refractivity contribution in [3.05, 3.63) is 32.9 Å². The van der Waals surface area contributed by atoms with E-state index in [1.165, 1.54) is 14.0 Å². The molecule has 0 spiro atoms. The van der Waals surface area contributed by atoms with Crippen LogP contribution in [0.3, 0.4) is 0 Å². The number of benzene rings is 1. The Hall–Kier alpha value is -0.910. The number of esters is 1. The molecule has 0 aliphatic heterocycles. The van der Waals surface area contributed by atoms with E-state index in [0.29, 0.717) is 11.1 Å². The Morgan fingerprint density at radius 2 is 2.00 bits per heavy atom. The number of carbonyl (C=O) groups is 2. The van der Waals surface area contributed by atoms with E-state index in [1.807, 2.05) is 22.6 Å². The van der Waals surface area contributed by atoms with E-state index in [-0.39, 0.29) is 11.8 Å². The molecule has 3 nitrogen and oxygen atoms in total. The van der Waals surface area contributed by atoms with Crippen molar-refractivity contribution in [2.75, 3.05) is 7.11 Å². The fourth-order valence-corrected chi connectivity index (χ4v) is 1.75. The second-order valence-electron chi connectivity index (χ2n) is 2.74. The summed E-state index contributed by atoms with van der Waals surface area (Å²) in [7, 11) is 1.33. The number of hydrogen-bond donors (Lipinski definition) is 0. The van der Waals surface area contributed by atoms with E-state index in [1.54, 1.807) is 18.2 Å². The molecular formula is C10H9IO3. The number of ether oxygens (including phenoxy) is 1. The van der Waals surface area contributed by atoms with Gasteiger partial charge in [0.1, 0.15) is 0 Å². The van der Waals surface area contributed by atoms with Crippen LogP contribution in [-0.2, 0) is 4.74 Å². The number of ketones is 1. The average molecular weight is 304 g/mol. The molecule has 0 aromatic heterocycles. The largest absolute Gasteiger partial charge is 0.465 e. The van der Waals surface area contributed by atoms with E-state index >= 15 is 0 Å². The minimum absolute atomic E-state index is 0.0145. The highest BCUT2D eigenvalue weighted by atomic mass is 127. The third-order valence-electron chi connectivity index (χ3n) is 1.78. The first-order valence-corrected chi connectivity index (χ1v) is 5.03. The molecule has 0 heterocycles. The first-order valence-electron chi connectivity index (χ1n) is 3.95. The van der Waals surface area contributed by atoms with Crippen molar-refractivity contribution in [1.29, 1.82) is 0 Å². The Balaban J connectivity index is 3.14. The molecule has 1 aromatic carbocycles. The molecular weight excluding hydrogens is 295 g/mol. The molecule has 0 aliphatic rings. The molecule has 0 saturated carbocycles. The first-order chi connectivity index (χ1) is 6.56. The topological polar surface area (TPSA) is 43.4 Å². The van der Waals surface area contributed by atoms with Gasteiger partial charge in [-0.3, -0.25) is 4.79 Å². The number of rotatable bonds is 2. The Bertz CT molecular complexity index is 385. The van der Waals surface area contributed by atoms with Crippen molar-refractivity contribution in [1.82, 2.24) is 0 Å². The van der Waals surface area contributed by atoms with Crippen LogP contribution in [-0.4, -0.2) is 18.9 Å². The number of carbonyl (C=O) groups excluding carboxylic acids is 2. The highest BCUT2D eigenvalue weighted by molar-refractivity contribution is 14.1. The van der Waals surface area contributed by atoms with Gasteiger partial charge in [0.15, 0.2) is 5.78 Å². The van der Waals surface area contributed by atoms with Gasteiger partial charge in [-0.15, -0.1) is 0 Å². The summed E-state index contributed by atoms with van der Waals surface area (Å²) in [4.78, 5) is 22.2. The summed E-state index contributed by atoms with van der Waals surface area (Å²) in [5, 5.41) is 0. The normalized spacial score (nSPS) is 9.64. The predicted octanol–water partition coefficient (Wildman–Crippen LogP) is 2.28. The van der Waals surface area contributed by atoms with E-state index in [0.717, 1.165) is 3.57 Å². The summed E-state index contributed by atoms with van der Waals surface area (Å²) >= 11 is 2.00. The van der Waals surface area contributed by atoms with Crippen LogP contribution in [0, 0.1) is 3.57 Å². The van der Waals surface area contributed by atoms with Crippen LogP contribution >= 0.6 is 22.6 Å². The lowest BCUT2D eigenvalue weighted by Crippen LogP contribution is -2.05. The van der Waals surface area contributed by atoms with E-state index < -0.39 is 0 Å². The fourth-order valence-electron chi connectivity index (χ4n) is 1.01. The summed E-state index contributed by atoms with van der Waals surface area (Å²) in [5.74, 6) is -0.399. The van der Waals surface area contributed by atoms with Gasteiger partial charge in [-0.05, 0) is 41.6 Å². The molecule has 0 fully saturated rings. The van der Waals surface area contributed by atoms with Crippen LogP contribution in [0.2, 0.25) is 0 Å². The predicted molar refractivity (Wildman–Crippen MR) is 60.5 cm³/mol. The maximum Gasteiger partial charge on any atom is 0.338 e. The SMILES string of the molecule is COC(=O)c1ccc(C(C)=O)cc1I. The van der Waals surface area contributed by atoms with Gasteiger partial charge in [0.25, 0.3) is 0 Å². The van der Waals surface area contributed by atoms with Gasteiger partial charge in [0, 0.05) is 9.13 Å². The zero-order valence-corrected chi connectivity index (χ0v) is 9.99. The Kier molecular flexibility index (Phi) is 3.62. The highest BCUT2D eigenvalue weighted by Gasteiger charge is 2.11. The van der Waals surface area contributed by atoms with E-state index in [4.69, 9.17) is 0 Å². The van der Waals surface area contributed by atoms with Crippen LogP contribution in [0.25, 0.3) is 0 Å². The second kappa shape index (κ2) is 4.54. The lowest BCUT2D eigenvalue weighted by Gasteiger charge is -2.03. The van der Waals surface area contributed by atoms with Gasteiger partial charge in [-0.1, -0.05) is 6.07 Å². The average Bonchev–Trinajstić information content (AvgIpc) is 2.16. The molecule has 14 heavy (non-hydrogen) atoms. The van der Waals surface area contributed by atoms with Crippen molar-refractivity contribution in [3.8, 4) is 0 Å². The molecule has 0 aliphatic carbocycles. The number of methoxy groups -OCH3 is 1. The van der Waals surface area contributed by atoms with Crippen LogP contribution in [0.4, 0.5) is 0 Å². The molecule has 0 atom stereocenters. The molecule has 0 amide bonds. The molecule has 74 valence electrons. The van der Waals surface area contributed by atoms with Crippen molar-refractivity contribution in [3.63, 3.8) is 0 Å². The minimum atomic E-state index is -0.385. The molecule has 0 N–H and O–H groups in total. The highest BCUT2D eigenvalue weighted by Crippen LogP contribution is 2.15. The van der Waals surface area contributed by atoms with E-state index in [9.17, 15) is 9.59 Å². The molecule has 0 bridgehead atoms. The summed E-state index contributed by atoms with van der Waals surface area (Å²) in [6, 6.07) is 4.90.